The molecule has 8 nitrogen and oxygen atoms in total. The van der Waals surface area contributed by atoms with Gasteiger partial charge in [0.2, 0.25) is 5.89 Å². The van der Waals surface area contributed by atoms with Crippen molar-refractivity contribution in [3.8, 4) is 16.8 Å². The highest BCUT2D eigenvalue weighted by molar-refractivity contribution is 7.13. The van der Waals surface area contributed by atoms with E-state index >= 15 is 0 Å². The van der Waals surface area contributed by atoms with Crippen LogP contribution in [-0.2, 0) is 6.54 Å². The van der Waals surface area contributed by atoms with Crippen molar-refractivity contribution in [2.45, 2.75) is 6.54 Å². The van der Waals surface area contributed by atoms with Gasteiger partial charge in [-0.25, -0.2) is 4.98 Å². The molecule has 0 spiro atoms. The summed E-state index contributed by atoms with van der Waals surface area (Å²) >= 11 is 1.45. The number of oxazole rings is 1. The quantitative estimate of drug-likeness (QED) is 0.536. The molecule has 0 aliphatic heterocycles. The number of aromatic nitrogens is 2. The molecule has 0 aliphatic rings. The second-order valence-corrected chi connectivity index (χ2v) is 5.48. The Bertz CT molecular complexity index is 966. The Morgan fingerprint density at radius 1 is 1.52 bits per heavy atom. The predicted molar refractivity (Wildman–Crippen MR) is 81.0 cm³/mol. The lowest BCUT2D eigenvalue weighted by molar-refractivity contribution is -0.385. The molecule has 3 aromatic rings. The predicted octanol–water partition coefficient (Wildman–Crippen LogP) is 2.39. The maximum atomic E-state index is 12.1. The minimum absolute atomic E-state index is 0.0237. The molecule has 9 heteroatoms. The molecule has 114 valence electrons. The van der Waals surface area contributed by atoms with Gasteiger partial charge in [-0.1, -0.05) is 6.07 Å². The second-order valence-electron chi connectivity index (χ2n) is 4.54. The maximum Gasteiger partial charge on any atom is 0.287 e. The third-order valence-corrected chi connectivity index (χ3v) is 3.88. The first-order valence-corrected chi connectivity index (χ1v) is 7.23. The monoisotopic (exact) mass is 328 g/mol. The van der Waals surface area contributed by atoms with Crippen molar-refractivity contribution in [1.82, 2.24) is 9.55 Å². The fraction of sp³-hybridized carbons (Fsp3) is 0.0714. The molecule has 0 amide bonds. The Kier molecular flexibility index (Phi) is 3.74. The molecule has 23 heavy (non-hydrogen) atoms. The number of hydrogen-bond acceptors (Lipinski definition) is 7. The first-order chi connectivity index (χ1) is 11.1. The van der Waals surface area contributed by atoms with Gasteiger partial charge in [0.25, 0.3) is 11.2 Å². The number of nitrogens with zero attached hydrogens (tertiary/aromatic N) is 4. The van der Waals surface area contributed by atoms with Gasteiger partial charge in [-0.15, -0.1) is 11.3 Å². The Morgan fingerprint density at radius 3 is 3.00 bits per heavy atom. The van der Waals surface area contributed by atoms with Crippen molar-refractivity contribution in [2.75, 3.05) is 0 Å². The van der Waals surface area contributed by atoms with Crippen LogP contribution in [0.15, 0.2) is 45.3 Å². The summed E-state index contributed by atoms with van der Waals surface area (Å²) in [4.78, 5) is 27.4. The van der Waals surface area contributed by atoms with Gasteiger partial charge in [0, 0.05) is 6.07 Å². The standard InChI is InChI=1S/C14H8N4O4S/c15-5-9-4-11(18(20)21)7-17(14(9)19)6-10-8-22-13(16-10)12-2-1-3-23-12/h1-4,7-8H,6H2. The van der Waals surface area contributed by atoms with Gasteiger partial charge in [0.05, 0.1) is 28.2 Å². The summed E-state index contributed by atoms with van der Waals surface area (Å²) in [6, 6.07) is 6.32. The van der Waals surface area contributed by atoms with Crippen molar-refractivity contribution in [1.29, 1.82) is 5.26 Å². The van der Waals surface area contributed by atoms with Crippen molar-refractivity contribution in [3.05, 3.63) is 67.8 Å². The summed E-state index contributed by atoms with van der Waals surface area (Å²) in [7, 11) is 0. The topological polar surface area (TPSA) is 115 Å². The first kappa shape index (κ1) is 14.7. The molecule has 0 aromatic carbocycles. The summed E-state index contributed by atoms with van der Waals surface area (Å²) in [5.41, 5.74) is -0.803. The maximum absolute atomic E-state index is 12.1. The fourth-order valence-corrected chi connectivity index (χ4v) is 2.64. The molecule has 0 N–H and O–H groups in total. The normalized spacial score (nSPS) is 10.4. The Hall–Kier alpha value is -3.25. The summed E-state index contributed by atoms with van der Waals surface area (Å²) in [5, 5.41) is 21.7. The highest BCUT2D eigenvalue weighted by atomic mass is 32.1. The highest BCUT2D eigenvalue weighted by Gasteiger charge is 2.15. The zero-order valence-corrected chi connectivity index (χ0v) is 12.3. The molecule has 3 heterocycles. The number of thiophene rings is 1. The number of pyridine rings is 1. The smallest absolute Gasteiger partial charge is 0.287 e. The van der Waals surface area contributed by atoms with E-state index in [4.69, 9.17) is 9.68 Å². The van der Waals surface area contributed by atoms with E-state index in [2.05, 4.69) is 4.98 Å². The lowest BCUT2D eigenvalue weighted by atomic mass is 10.2. The van der Waals surface area contributed by atoms with Crippen LogP contribution in [0.3, 0.4) is 0 Å². The molecule has 0 aliphatic carbocycles. The summed E-state index contributed by atoms with van der Waals surface area (Å²) in [5.74, 6) is 0.411. The molecule has 0 fully saturated rings. The lowest BCUT2D eigenvalue weighted by Crippen LogP contribution is -2.23. The van der Waals surface area contributed by atoms with Crippen LogP contribution in [0.1, 0.15) is 11.3 Å². The second kappa shape index (κ2) is 5.86. The number of rotatable bonds is 4. The van der Waals surface area contributed by atoms with Crippen LogP contribution in [0.4, 0.5) is 5.69 Å². The van der Waals surface area contributed by atoms with Gasteiger partial charge in [0.15, 0.2) is 0 Å². The summed E-state index contributed by atoms with van der Waals surface area (Å²) < 4.78 is 6.42. The average Bonchev–Trinajstić information content (AvgIpc) is 3.20. The molecule has 0 radical (unpaired) electrons. The van der Waals surface area contributed by atoms with Crippen LogP contribution in [0.5, 0.6) is 0 Å². The zero-order valence-electron chi connectivity index (χ0n) is 11.5. The van der Waals surface area contributed by atoms with E-state index < -0.39 is 10.5 Å². The van der Waals surface area contributed by atoms with E-state index in [1.807, 2.05) is 17.5 Å². The number of nitriles is 1. The van der Waals surface area contributed by atoms with Crippen LogP contribution in [0.25, 0.3) is 10.8 Å². The SMILES string of the molecule is N#Cc1cc([N+](=O)[O-])cn(Cc2coc(-c3cccs3)n2)c1=O. The zero-order chi connectivity index (χ0) is 16.4. The third-order valence-electron chi connectivity index (χ3n) is 3.02. The van der Waals surface area contributed by atoms with E-state index in [0.717, 1.165) is 21.7 Å². The number of nitro groups is 1. The van der Waals surface area contributed by atoms with Gasteiger partial charge in [0.1, 0.15) is 17.9 Å². The molecular formula is C14H8N4O4S. The summed E-state index contributed by atoms with van der Waals surface area (Å²) in [6.45, 7) is -0.0237. The molecule has 0 atom stereocenters. The van der Waals surface area contributed by atoms with Crippen LogP contribution in [0.2, 0.25) is 0 Å². The van der Waals surface area contributed by atoms with Gasteiger partial charge >= 0.3 is 0 Å². The molecular weight excluding hydrogens is 320 g/mol. The number of hydrogen-bond donors (Lipinski definition) is 0. The average molecular weight is 328 g/mol. The van der Waals surface area contributed by atoms with Crippen molar-refractivity contribution >= 4 is 17.0 Å². The van der Waals surface area contributed by atoms with Crippen LogP contribution in [0, 0.1) is 21.4 Å². The molecule has 0 bridgehead atoms. The van der Waals surface area contributed by atoms with E-state index in [1.165, 1.54) is 17.6 Å². The van der Waals surface area contributed by atoms with Gasteiger partial charge in [-0.3, -0.25) is 14.9 Å². The minimum Gasteiger partial charge on any atom is -0.443 e. The largest absolute Gasteiger partial charge is 0.443 e. The first-order valence-electron chi connectivity index (χ1n) is 6.35. The Labute approximate surface area is 133 Å². The van der Waals surface area contributed by atoms with Crippen LogP contribution in [-0.4, -0.2) is 14.5 Å². The van der Waals surface area contributed by atoms with Crippen molar-refractivity contribution in [2.24, 2.45) is 0 Å². The molecule has 0 saturated heterocycles. The minimum atomic E-state index is -0.656. The highest BCUT2D eigenvalue weighted by Crippen LogP contribution is 2.23. The molecule has 0 saturated carbocycles. The Balaban J connectivity index is 1.97. The molecule has 3 aromatic heterocycles. The van der Waals surface area contributed by atoms with Crippen molar-refractivity contribution in [3.63, 3.8) is 0 Å². The van der Waals surface area contributed by atoms with E-state index in [9.17, 15) is 14.9 Å². The Morgan fingerprint density at radius 2 is 2.35 bits per heavy atom. The van der Waals surface area contributed by atoms with Gasteiger partial charge < -0.3 is 8.98 Å². The third kappa shape index (κ3) is 2.88. The lowest BCUT2D eigenvalue weighted by Gasteiger charge is -2.03. The van der Waals surface area contributed by atoms with Crippen molar-refractivity contribution < 1.29 is 9.34 Å². The van der Waals surface area contributed by atoms with E-state index in [0.29, 0.717) is 11.6 Å². The van der Waals surface area contributed by atoms with Crippen LogP contribution < -0.4 is 5.56 Å². The van der Waals surface area contributed by atoms with E-state index in [1.54, 1.807) is 6.07 Å². The van der Waals surface area contributed by atoms with Crippen LogP contribution >= 0.6 is 11.3 Å². The molecule has 0 unspecified atom stereocenters. The fourth-order valence-electron chi connectivity index (χ4n) is 1.98. The van der Waals surface area contributed by atoms with Gasteiger partial charge in [-0.2, -0.15) is 5.26 Å². The molecule has 3 rings (SSSR count). The van der Waals surface area contributed by atoms with E-state index in [-0.39, 0.29) is 17.8 Å². The van der Waals surface area contributed by atoms with Gasteiger partial charge in [-0.05, 0) is 11.4 Å². The summed E-state index contributed by atoms with van der Waals surface area (Å²) in [6.07, 6.45) is 2.47.